The Bertz CT molecular complexity index is 710. The molecule has 3 rings (SSSR count). The summed E-state index contributed by atoms with van der Waals surface area (Å²) in [4.78, 5) is 4.53. The summed E-state index contributed by atoms with van der Waals surface area (Å²) in [6, 6.07) is 19.3. The van der Waals surface area contributed by atoms with Crippen LogP contribution in [0.4, 0.5) is 5.82 Å². The van der Waals surface area contributed by atoms with Crippen molar-refractivity contribution in [2.75, 3.05) is 5.32 Å². The molecule has 0 saturated heterocycles. The molecule has 2 N–H and O–H groups in total. The summed E-state index contributed by atoms with van der Waals surface area (Å²) in [5, 5.41) is 14.0. The number of pyridine rings is 1. The molecule has 0 bridgehead atoms. The zero-order valence-electron chi connectivity index (χ0n) is 10.4. The van der Waals surface area contributed by atoms with Gasteiger partial charge in [-0.15, -0.1) is 0 Å². The molecule has 0 fully saturated rings. The lowest BCUT2D eigenvalue weighted by atomic mass is 10.2. The first-order valence-electron chi connectivity index (χ1n) is 6.19. The summed E-state index contributed by atoms with van der Waals surface area (Å²) in [7, 11) is 0. The normalized spacial score (nSPS) is 10.5. The molecular weight excluding hydrogens is 236 g/mol. The van der Waals surface area contributed by atoms with Gasteiger partial charge in [-0.3, -0.25) is 0 Å². The van der Waals surface area contributed by atoms with Crippen LogP contribution in [0.3, 0.4) is 0 Å². The van der Waals surface area contributed by atoms with Gasteiger partial charge in [-0.1, -0.05) is 36.4 Å². The van der Waals surface area contributed by atoms with Gasteiger partial charge >= 0.3 is 0 Å². The van der Waals surface area contributed by atoms with E-state index in [1.165, 1.54) is 0 Å². The molecular formula is C16H14N2O. The van der Waals surface area contributed by atoms with E-state index >= 15 is 0 Å². The van der Waals surface area contributed by atoms with Gasteiger partial charge < -0.3 is 10.4 Å². The maximum Gasteiger partial charge on any atom is 0.126 e. The van der Waals surface area contributed by atoms with E-state index < -0.39 is 0 Å². The second-order valence-electron chi connectivity index (χ2n) is 4.37. The molecule has 1 aromatic heterocycles. The van der Waals surface area contributed by atoms with Gasteiger partial charge in [-0.25, -0.2) is 4.98 Å². The second-order valence-corrected chi connectivity index (χ2v) is 4.37. The van der Waals surface area contributed by atoms with Gasteiger partial charge in [0.05, 0.1) is 5.52 Å². The van der Waals surface area contributed by atoms with Crippen LogP contribution in [0, 0.1) is 0 Å². The van der Waals surface area contributed by atoms with E-state index in [1.54, 1.807) is 6.07 Å². The third kappa shape index (κ3) is 2.50. The number of phenolic OH excluding ortho intramolecular Hbond substituents is 1. The van der Waals surface area contributed by atoms with Crippen molar-refractivity contribution in [3.05, 3.63) is 66.2 Å². The Hall–Kier alpha value is -2.55. The minimum Gasteiger partial charge on any atom is -0.508 e. The van der Waals surface area contributed by atoms with Gasteiger partial charge in [-0.2, -0.15) is 0 Å². The molecule has 3 heteroatoms. The molecule has 94 valence electrons. The minimum absolute atomic E-state index is 0.302. The fourth-order valence-corrected chi connectivity index (χ4v) is 2.01. The molecule has 0 aliphatic heterocycles. The molecule has 3 aromatic rings. The number of phenols is 1. The number of para-hydroxylation sites is 2. The van der Waals surface area contributed by atoms with Crippen LogP contribution >= 0.6 is 0 Å². The van der Waals surface area contributed by atoms with E-state index in [-0.39, 0.29) is 0 Å². The van der Waals surface area contributed by atoms with Gasteiger partial charge in [0.15, 0.2) is 0 Å². The Kier molecular flexibility index (Phi) is 3.02. The molecule has 1 heterocycles. The Morgan fingerprint density at radius 3 is 2.58 bits per heavy atom. The molecule has 2 aromatic carbocycles. The first-order chi connectivity index (χ1) is 9.33. The molecule has 3 nitrogen and oxygen atoms in total. The minimum atomic E-state index is 0.302. The monoisotopic (exact) mass is 250 g/mol. The van der Waals surface area contributed by atoms with Gasteiger partial charge in [0, 0.05) is 17.5 Å². The lowest BCUT2D eigenvalue weighted by molar-refractivity contribution is 0.469. The predicted octanol–water partition coefficient (Wildman–Crippen LogP) is 3.55. The molecule has 0 saturated carbocycles. The molecule has 0 spiro atoms. The summed E-state index contributed by atoms with van der Waals surface area (Å²) in [6.07, 6.45) is 0. The van der Waals surface area contributed by atoms with Crippen molar-refractivity contribution >= 4 is 16.7 Å². The second kappa shape index (κ2) is 4.98. The maximum absolute atomic E-state index is 9.70. The summed E-state index contributed by atoms with van der Waals surface area (Å²) in [5.74, 6) is 1.11. The van der Waals surface area contributed by atoms with Crippen LogP contribution in [0.15, 0.2) is 60.7 Å². The summed E-state index contributed by atoms with van der Waals surface area (Å²) in [5.41, 5.74) is 1.82. The van der Waals surface area contributed by atoms with Crippen LogP contribution in [-0.2, 0) is 6.54 Å². The SMILES string of the molecule is Oc1ccccc1CNc1ccc2ccccc2n1. The van der Waals surface area contributed by atoms with Crippen molar-refractivity contribution in [3.8, 4) is 5.75 Å². The standard InChI is InChI=1S/C16H14N2O/c19-15-8-4-2-6-13(15)11-17-16-10-9-12-5-1-3-7-14(12)18-16/h1-10,19H,11H2,(H,17,18). The Morgan fingerprint density at radius 2 is 1.68 bits per heavy atom. The van der Waals surface area contributed by atoms with Crippen LogP contribution in [0.25, 0.3) is 10.9 Å². The average Bonchev–Trinajstić information content (AvgIpc) is 2.46. The van der Waals surface area contributed by atoms with Gasteiger partial charge in [0.1, 0.15) is 11.6 Å². The number of aromatic nitrogens is 1. The van der Waals surface area contributed by atoms with Crippen molar-refractivity contribution in [1.82, 2.24) is 4.98 Å². The Morgan fingerprint density at radius 1 is 0.895 bits per heavy atom. The van der Waals surface area contributed by atoms with E-state index in [1.807, 2.05) is 54.6 Å². The highest BCUT2D eigenvalue weighted by Gasteiger charge is 2.01. The summed E-state index contributed by atoms with van der Waals surface area (Å²) < 4.78 is 0. The number of hydrogen-bond acceptors (Lipinski definition) is 3. The van der Waals surface area contributed by atoms with Crippen LogP contribution < -0.4 is 5.32 Å². The number of nitrogens with one attached hydrogen (secondary N) is 1. The zero-order valence-corrected chi connectivity index (χ0v) is 10.4. The quantitative estimate of drug-likeness (QED) is 0.747. The zero-order chi connectivity index (χ0) is 13.1. The van der Waals surface area contributed by atoms with Gasteiger partial charge in [-0.05, 0) is 24.3 Å². The van der Waals surface area contributed by atoms with Crippen LogP contribution in [-0.4, -0.2) is 10.1 Å². The molecule has 0 atom stereocenters. The smallest absolute Gasteiger partial charge is 0.126 e. The number of fused-ring (bicyclic) bond motifs is 1. The molecule has 0 unspecified atom stereocenters. The topological polar surface area (TPSA) is 45.1 Å². The predicted molar refractivity (Wildman–Crippen MR) is 77.2 cm³/mol. The van der Waals surface area contributed by atoms with Crippen molar-refractivity contribution < 1.29 is 5.11 Å². The molecule has 0 aliphatic carbocycles. The van der Waals surface area contributed by atoms with E-state index in [2.05, 4.69) is 10.3 Å². The van der Waals surface area contributed by atoms with Crippen molar-refractivity contribution in [1.29, 1.82) is 0 Å². The number of rotatable bonds is 3. The molecule has 19 heavy (non-hydrogen) atoms. The lowest BCUT2D eigenvalue weighted by Gasteiger charge is -2.08. The fraction of sp³-hybridized carbons (Fsp3) is 0.0625. The van der Waals surface area contributed by atoms with Crippen molar-refractivity contribution in [2.24, 2.45) is 0 Å². The first-order valence-corrected chi connectivity index (χ1v) is 6.19. The van der Waals surface area contributed by atoms with E-state index in [9.17, 15) is 5.11 Å². The first kappa shape index (κ1) is 11.5. The van der Waals surface area contributed by atoms with E-state index in [0.717, 1.165) is 22.3 Å². The third-order valence-corrected chi connectivity index (χ3v) is 3.05. The number of hydrogen-bond donors (Lipinski definition) is 2. The van der Waals surface area contributed by atoms with Gasteiger partial charge in [0.2, 0.25) is 0 Å². The van der Waals surface area contributed by atoms with Crippen LogP contribution in [0.5, 0.6) is 5.75 Å². The third-order valence-electron chi connectivity index (χ3n) is 3.05. The van der Waals surface area contributed by atoms with Gasteiger partial charge in [0.25, 0.3) is 0 Å². The highest BCUT2D eigenvalue weighted by molar-refractivity contribution is 5.80. The Labute approximate surface area is 111 Å². The number of anilines is 1. The summed E-state index contributed by atoms with van der Waals surface area (Å²) >= 11 is 0. The van der Waals surface area contributed by atoms with Crippen LogP contribution in [0.2, 0.25) is 0 Å². The lowest BCUT2D eigenvalue weighted by Crippen LogP contribution is -2.01. The highest BCUT2D eigenvalue weighted by Crippen LogP contribution is 2.18. The number of aromatic hydroxyl groups is 1. The largest absolute Gasteiger partial charge is 0.508 e. The molecule has 0 aliphatic rings. The van der Waals surface area contributed by atoms with Crippen LogP contribution in [0.1, 0.15) is 5.56 Å². The van der Waals surface area contributed by atoms with E-state index in [4.69, 9.17) is 0 Å². The number of nitrogens with zero attached hydrogens (tertiary/aromatic N) is 1. The Balaban J connectivity index is 1.80. The maximum atomic E-state index is 9.70. The molecule has 0 amide bonds. The van der Waals surface area contributed by atoms with Crippen molar-refractivity contribution in [2.45, 2.75) is 6.54 Å². The average molecular weight is 250 g/mol. The van der Waals surface area contributed by atoms with Crippen molar-refractivity contribution in [3.63, 3.8) is 0 Å². The number of benzene rings is 2. The molecule has 0 radical (unpaired) electrons. The highest BCUT2D eigenvalue weighted by atomic mass is 16.3. The fourth-order valence-electron chi connectivity index (χ4n) is 2.01. The van der Waals surface area contributed by atoms with E-state index in [0.29, 0.717) is 12.3 Å². The summed E-state index contributed by atoms with van der Waals surface area (Å²) in [6.45, 7) is 0.554.